The largest absolute Gasteiger partial charge is 0.462 e. The molecule has 5 heteroatoms. The summed E-state index contributed by atoms with van der Waals surface area (Å²) in [7, 11) is 0. The predicted molar refractivity (Wildman–Crippen MR) is 115 cm³/mol. The Morgan fingerprint density at radius 3 is 2.45 bits per heavy atom. The fourth-order valence-corrected chi connectivity index (χ4v) is 10.2. The Hall–Kier alpha value is -0.650. The molecule has 6 fully saturated rings. The van der Waals surface area contributed by atoms with Gasteiger partial charge in [0, 0.05) is 24.7 Å². The van der Waals surface area contributed by atoms with Gasteiger partial charge in [-0.25, -0.2) is 0 Å². The molecule has 31 heavy (non-hydrogen) atoms. The van der Waals surface area contributed by atoms with E-state index in [0.29, 0.717) is 23.9 Å². The predicted octanol–water partition coefficient (Wildman–Crippen LogP) is 4.72. The minimum Gasteiger partial charge on any atom is -0.462 e. The van der Waals surface area contributed by atoms with Crippen molar-refractivity contribution in [2.75, 3.05) is 13.2 Å². The van der Waals surface area contributed by atoms with Gasteiger partial charge in [-0.15, -0.1) is 0 Å². The van der Waals surface area contributed by atoms with Crippen LogP contribution in [0.15, 0.2) is 0 Å². The van der Waals surface area contributed by atoms with E-state index in [1.807, 2.05) is 0 Å². The van der Waals surface area contributed by atoms with Gasteiger partial charge in [-0.05, 0) is 74.5 Å². The van der Waals surface area contributed by atoms with E-state index in [-0.39, 0.29) is 28.5 Å². The van der Waals surface area contributed by atoms with E-state index in [1.165, 1.54) is 32.6 Å². The highest BCUT2D eigenvalue weighted by molar-refractivity contribution is 5.66. The molecule has 0 aromatic carbocycles. The van der Waals surface area contributed by atoms with Crippen LogP contribution in [0.5, 0.6) is 0 Å². The summed E-state index contributed by atoms with van der Waals surface area (Å²) in [6, 6.07) is 0. The van der Waals surface area contributed by atoms with Crippen LogP contribution in [-0.2, 0) is 23.7 Å². The van der Waals surface area contributed by atoms with Gasteiger partial charge < -0.3 is 18.9 Å². The summed E-state index contributed by atoms with van der Waals surface area (Å²) < 4.78 is 24.7. The zero-order valence-electron chi connectivity index (χ0n) is 19.9. The molecule has 10 atom stereocenters. The van der Waals surface area contributed by atoms with Crippen LogP contribution in [0.2, 0.25) is 0 Å². The van der Waals surface area contributed by atoms with Gasteiger partial charge in [0.2, 0.25) is 0 Å². The van der Waals surface area contributed by atoms with Crippen molar-refractivity contribution in [3.05, 3.63) is 0 Å². The van der Waals surface area contributed by atoms with E-state index >= 15 is 0 Å². The van der Waals surface area contributed by atoms with Gasteiger partial charge in [0.25, 0.3) is 0 Å². The first-order chi connectivity index (χ1) is 14.6. The Morgan fingerprint density at radius 2 is 1.74 bits per heavy atom. The number of rotatable bonds is 2. The standard InChI is InChI=1S/C26H40O5/c1-15-12-20-18-13-21-26(31-21)14-17(30-16(2)27)6-9-24(26,4)19(18)7-8-23(20,3)22(15)25(5)28-10-11-29-25/h15,17-22H,6-14H2,1-5H3. The second-order valence-corrected chi connectivity index (χ2v) is 12.4. The zero-order chi connectivity index (χ0) is 21.8. The Balaban J connectivity index is 1.29. The first-order valence-electron chi connectivity index (χ1n) is 12.8. The van der Waals surface area contributed by atoms with Crippen molar-refractivity contribution in [3.63, 3.8) is 0 Å². The quantitative estimate of drug-likeness (QED) is 0.467. The number of hydrogen-bond donors (Lipinski definition) is 0. The third-order valence-electron chi connectivity index (χ3n) is 11.1. The van der Waals surface area contributed by atoms with E-state index in [4.69, 9.17) is 18.9 Å². The van der Waals surface area contributed by atoms with Crippen molar-refractivity contribution in [2.24, 2.45) is 40.4 Å². The Morgan fingerprint density at radius 1 is 1.00 bits per heavy atom. The van der Waals surface area contributed by atoms with Gasteiger partial charge in [0.15, 0.2) is 5.79 Å². The molecule has 0 aromatic heterocycles. The van der Waals surface area contributed by atoms with Gasteiger partial charge in [0.05, 0.1) is 19.3 Å². The lowest BCUT2D eigenvalue weighted by Gasteiger charge is -2.60. The molecule has 5 nitrogen and oxygen atoms in total. The lowest BCUT2D eigenvalue weighted by atomic mass is 9.44. The maximum absolute atomic E-state index is 11.6. The topological polar surface area (TPSA) is 57.3 Å². The van der Waals surface area contributed by atoms with Gasteiger partial charge in [-0.2, -0.15) is 0 Å². The molecule has 0 aromatic rings. The summed E-state index contributed by atoms with van der Waals surface area (Å²) in [6.45, 7) is 12.7. The second kappa shape index (κ2) is 6.48. The van der Waals surface area contributed by atoms with Gasteiger partial charge in [-0.1, -0.05) is 20.8 Å². The normalized spacial score (nSPS) is 56.7. The van der Waals surface area contributed by atoms with Gasteiger partial charge >= 0.3 is 5.97 Å². The fourth-order valence-electron chi connectivity index (χ4n) is 10.2. The van der Waals surface area contributed by atoms with Crippen LogP contribution in [0.4, 0.5) is 0 Å². The highest BCUT2D eigenvalue weighted by Gasteiger charge is 2.77. The Bertz CT molecular complexity index is 776. The second-order valence-electron chi connectivity index (χ2n) is 12.4. The number of hydrogen-bond acceptors (Lipinski definition) is 5. The monoisotopic (exact) mass is 432 g/mol. The third-order valence-corrected chi connectivity index (χ3v) is 11.1. The van der Waals surface area contributed by atoms with Crippen LogP contribution in [0.3, 0.4) is 0 Å². The molecule has 174 valence electrons. The van der Waals surface area contributed by atoms with Crippen LogP contribution in [0.1, 0.15) is 79.6 Å². The average molecular weight is 433 g/mol. The maximum atomic E-state index is 11.6. The van der Waals surface area contributed by atoms with Crippen molar-refractivity contribution in [3.8, 4) is 0 Å². The highest BCUT2D eigenvalue weighted by Crippen LogP contribution is 2.75. The van der Waals surface area contributed by atoms with E-state index in [2.05, 4.69) is 27.7 Å². The summed E-state index contributed by atoms with van der Waals surface area (Å²) >= 11 is 0. The maximum Gasteiger partial charge on any atom is 0.302 e. The van der Waals surface area contributed by atoms with Crippen LogP contribution in [0, 0.1) is 40.4 Å². The molecule has 10 unspecified atom stereocenters. The van der Waals surface area contributed by atoms with Crippen molar-refractivity contribution >= 4 is 5.97 Å². The third kappa shape index (κ3) is 2.63. The summed E-state index contributed by atoms with van der Waals surface area (Å²) in [5.41, 5.74) is 0.442. The van der Waals surface area contributed by atoms with Crippen LogP contribution < -0.4 is 0 Å². The van der Waals surface area contributed by atoms with E-state index in [0.717, 1.165) is 44.3 Å². The van der Waals surface area contributed by atoms with Gasteiger partial charge in [0.1, 0.15) is 11.7 Å². The molecule has 0 radical (unpaired) electrons. The number of esters is 1. The molecular weight excluding hydrogens is 392 g/mol. The fraction of sp³-hybridized carbons (Fsp3) is 0.962. The average Bonchev–Trinajstić information content (AvgIpc) is 3.06. The minimum absolute atomic E-state index is 0.0356. The molecule has 1 spiro atoms. The molecule has 0 N–H and O–H groups in total. The van der Waals surface area contributed by atoms with Gasteiger partial charge in [-0.3, -0.25) is 4.79 Å². The first-order valence-corrected chi connectivity index (χ1v) is 12.8. The summed E-state index contributed by atoms with van der Waals surface area (Å²) in [5.74, 6) is 2.68. The number of carbonyl (C=O) groups is 1. The van der Waals surface area contributed by atoms with Crippen molar-refractivity contribution in [1.29, 1.82) is 0 Å². The molecular formula is C26H40O5. The lowest BCUT2D eigenvalue weighted by molar-refractivity contribution is -0.224. The summed E-state index contributed by atoms with van der Waals surface area (Å²) in [5, 5.41) is 0. The zero-order valence-corrected chi connectivity index (χ0v) is 19.9. The van der Waals surface area contributed by atoms with E-state index < -0.39 is 5.79 Å². The molecule has 0 bridgehead atoms. The molecule has 4 saturated carbocycles. The van der Waals surface area contributed by atoms with E-state index in [9.17, 15) is 4.79 Å². The Labute approximate surface area is 186 Å². The van der Waals surface area contributed by atoms with Crippen LogP contribution >= 0.6 is 0 Å². The number of carbonyl (C=O) groups excluding carboxylic acids is 1. The Kier molecular flexibility index (Phi) is 4.37. The molecule has 2 heterocycles. The number of epoxide rings is 1. The molecule has 2 saturated heterocycles. The minimum atomic E-state index is -0.420. The molecule has 6 aliphatic rings. The highest BCUT2D eigenvalue weighted by atomic mass is 16.7. The van der Waals surface area contributed by atoms with E-state index in [1.54, 1.807) is 0 Å². The summed E-state index contributed by atoms with van der Waals surface area (Å²) in [6.07, 6.45) is 8.41. The summed E-state index contributed by atoms with van der Waals surface area (Å²) in [4.78, 5) is 11.6. The van der Waals surface area contributed by atoms with Crippen LogP contribution in [-0.4, -0.2) is 42.8 Å². The van der Waals surface area contributed by atoms with Crippen LogP contribution in [0.25, 0.3) is 0 Å². The smallest absolute Gasteiger partial charge is 0.302 e. The molecule has 2 aliphatic heterocycles. The molecule has 4 aliphatic carbocycles. The molecule has 6 rings (SSSR count). The lowest BCUT2D eigenvalue weighted by Crippen LogP contribution is -2.59. The number of ether oxygens (including phenoxy) is 4. The first kappa shape index (κ1) is 20.9. The SMILES string of the molecule is CC(=O)OC1CCC2(C)C3CCC4(C)C(CC(C)C4C4(C)OCCO4)C3CC3OC32C1. The van der Waals surface area contributed by atoms with Crippen molar-refractivity contribution < 1.29 is 23.7 Å². The van der Waals surface area contributed by atoms with Crippen molar-refractivity contribution in [2.45, 2.75) is 103 Å². The van der Waals surface area contributed by atoms with Crippen molar-refractivity contribution in [1.82, 2.24) is 0 Å². The number of fused-ring (bicyclic) bond motifs is 4. The molecule has 0 amide bonds.